The first-order valence-corrected chi connectivity index (χ1v) is 9.53. The third-order valence-corrected chi connectivity index (χ3v) is 4.69. The number of aryl methyl sites for hydroxylation is 1. The Labute approximate surface area is 178 Å². The van der Waals surface area contributed by atoms with E-state index in [1.165, 1.54) is 27.1 Å². The molecule has 2 rings (SSSR count). The molecule has 2 aromatic carbocycles. The van der Waals surface area contributed by atoms with Crippen molar-refractivity contribution in [3.8, 4) is 0 Å². The number of guanidine groups is 1. The van der Waals surface area contributed by atoms with E-state index in [1.807, 2.05) is 0 Å². The molecular formula is C20H28IN3OS. The summed E-state index contributed by atoms with van der Waals surface area (Å²) < 4.78 is 5.19. The van der Waals surface area contributed by atoms with Gasteiger partial charge in [-0.1, -0.05) is 36.4 Å². The molecule has 0 spiro atoms. The monoisotopic (exact) mass is 485 g/mol. The van der Waals surface area contributed by atoms with E-state index in [0.29, 0.717) is 6.61 Å². The van der Waals surface area contributed by atoms with E-state index in [4.69, 9.17) is 4.74 Å². The first-order valence-electron chi connectivity index (χ1n) is 8.31. The maximum Gasteiger partial charge on any atom is 0.191 e. The van der Waals surface area contributed by atoms with Crippen LogP contribution in [0, 0.1) is 6.92 Å². The topological polar surface area (TPSA) is 45.7 Å². The number of hydrogen-bond donors (Lipinski definition) is 2. The van der Waals surface area contributed by atoms with Gasteiger partial charge in [0.2, 0.25) is 0 Å². The van der Waals surface area contributed by atoms with Crippen molar-refractivity contribution in [3.05, 3.63) is 64.7 Å². The minimum absolute atomic E-state index is 0. The zero-order valence-electron chi connectivity index (χ0n) is 15.8. The molecule has 0 aliphatic heterocycles. The van der Waals surface area contributed by atoms with E-state index in [1.54, 1.807) is 25.9 Å². The van der Waals surface area contributed by atoms with Crippen LogP contribution < -0.4 is 10.6 Å². The largest absolute Gasteiger partial charge is 0.380 e. The van der Waals surface area contributed by atoms with Crippen LogP contribution in [-0.2, 0) is 24.4 Å². The quantitative estimate of drug-likeness (QED) is 0.265. The second-order valence-electron chi connectivity index (χ2n) is 5.85. The molecule has 26 heavy (non-hydrogen) atoms. The average Bonchev–Trinajstić information content (AvgIpc) is 2.63. The van der Waals surface area contributed by atoms with Crippen molar-refractivity contribution in [2.24, 2.45) is 4.99 Å². The Morgan fingerprint density at radius 2 is 1.81 bits per heavy atom. The molecule has 0 amide bonds. The molecule has 0 heterocycles. The number of nitrogens with zero attached hydrogens (tertiary/aromatic N) is 1. The van der Waals surface area contributed by atoms with Crippen LogP contribution >= 0.6 is 35.7 Å². The first kappa shape index (κ1) is 22.8. The summed E-state index contributed by atoms with van der Waals surface area (Å²) in [4.78, 5) is 5.61. The minimum atomic E-state index is 0. The van der Waals surface area contributed by atoms with E-state index in [9.17, 15) is 0 Å². The van der Waals surface area contributed by atoms with Gasteiger partial charge >= 0.3 is 0 Å². The number of halogens is 1. The van der Waals surface area contributed by atoms with Gasteiger partial charge in [0.15, 0.2) is 5.96 Å². The summed E-state index contributed by atoms with van der Waals surface area (Å²) in [5.41, 5.74) is 4.95. The zero-order chi connectivity index (χ0) is 18.1. The summed E-state index contributed by atoms with van der Waals surface area (Å²) in [6.07, 6.45) is 2.11. The van der Waals surface area contributed by atoms with Crippen LogP contribution in [0.4, 0.5) is 0 Å². The smallest absolute Gasteiger partial charge is 0.191 e. The molecular weight excluding hydrogens is 457 g/mol. The van der Waals surface area contributed by atoms with E-state index in [-0.39, 0.29) is 24.0 Å². The summed E-state index contributed by atoms with van der Waals surface area (Å²) in [6, 6.07) is 14.9. The molecule has 142 valence electrons. The number of benzene rings is 2. The fraction of sp³-hybridized carbons (Fsp3) is 0.350. The molecule has 4 nitrogen and oxygen atoms in total. The molecule has 6 heteroatoms. The summed E-state index contributed by atoms with van der Waals surface area (Å²) in [7, 11) is 3.51. The molecule has 2 aromatic rings. The Kier molecular flexibility index (Phi) is 10.7. The van der Waals surface area contributed by atoms with Gasteiger partial charge in [-0.2, -0.15) is 0 Å². The maximum atomic E-state index is 5.19. The van der Waals surface area contributed by atoms with Gasteiger partial charge in [0.1, 0.15) is 0 Å². The Balaban J connectivity index is 0.00000338. The lowest BCUT2D eigenvalue weighted by atomic mass is 10.1. The second kappa shape index (κ2) is 12.2. The van der Waals surface area contributed by atoms with Gasteiger partial charge in [-0.15, -0.1) is 35.7 Å². The van der Waals surface area contributed by atoms with Gasteiger partial charge < -0.3 is 15.4 Å². The van der Waals surface area contributed by atoms with Gasteiger partial charge in [-0.05, 0) is 41.5 Å². The van der Waals surface area contributed by atoms with Crippen LogP contribution in [0.5, 0.6) is 0 Å². The number of methoxy groups -OCH3 is 1. The van der Waals surface area contributed by atoms with Crippen LogP contribution in [0.1, 0.15) is 22.3 Å². The lowest BCUT2D eigenvalue weighted by Crippen LogP contribution is -2.36. The van der Waals surface area contributed by atoms with Gasteiger partial charge in [0.25, 0.3) is 0 Å². The third kappa shape index (κ3) is 7.17. The van der Waals surface area contributed by atoms with E-state index in [2.05, 4.69) is 71.3 Å². The highest BCUT2D eigenvalue weighted by Crippen LogP contribution is 2.21. The number of aliphatic imine (C=N–C) groups is 1. The lowest BCUT2D eigenvalue weighted by Gasteiger charge is -2.14. The summed E-state index contributed by atoms with van der Waals surface area (Å²) >= 11 is 1.77. The number of nitrogens with one attached hydrogen (secondary N) is 2. The van der Waals surface area contributed by atoms with Crippen molar-refractivity contribution in [2.75, 3.05) is 20.4 Å². The fourth-order valence-electron chi connectivity index (χ4n) is 2.58. The lowest BCUT2D eigenvalue weighted by molar-refractivity contribution is 0.185. The van der Waals surface area contributed by atoms with Crippen LogP contribution in [0.2, 0.25) is 0 Å². The number of hydrogen-bond acceptors (Lipinski definition) is 3. The van der Waals surface area contributed by atoms with Gasteiger partial charge in [-0.3, -0.25) is 4.99 Å². The highest BCUT2D eigenvalue weighted by atomic mass is 127. The van der Waals surface area contributed by atoms with Crippen LogP contribution in [-0.4, -0.2) is 26.4 Å². The average molecular weight is 485 g/mol. The molecule has 0 saturated heterocycles. The van der Waals surface area contributed by atoms with Crippen molar-refractivity contribution < 1.29 is 4.74 Å². The van der Waals surface area contributed by atoms with E-state index >= 15 is 0 Å². The van der Waals surface area contributed by atoms with Gasteiger partial charge in [0, 0.05) is 32.1 Å². The molecule has 2 N–H and O–H groups in total. The molecule has 0 bridgehead atoms. The molecule has 0 unspecified atom stereocenters. The molecule has 0 atom stereocenters. The van der Waals surface area contributed by atoms with Crippen molar-refractivity contribution in [3.63, 3.8) is 0 Å². The molecule has 0 aliphatic rings. The van der Waals surface area contributed by atoms with Crippen LogP contribution in [0.15, 0.2) is 52.4 Å². The van der Waals surface area contributed by atoms with E-state index in [0.717, 1.165) is 19.0 Å². The number of thioether (sulfide) groups is 1. The van der Waals surface area contributed by atoms with Crippen molar-refractivity contribution in [1.29, 1.82) is 0 Å². The molecule has 0 aliphatic carbocycles. The highest BCUT2D eigenvalue weighted by molar-refractivity contribution is 14.0. The minimum Gasteiger partial charge on any atom is -0.380 e. The summed E-state index contributed by atoms with van der Waals surface area (Å²) in [5.74, 6) is 0.796. The highest BCUT2D eigenvalue weighted by Gasteiger charge is 2.04. The van der Waals surface area contributed by atoms with Crippen LogP contribution in [0.25, 0.3) is 0 Å². The number of ether oxygens (including phenoxy) is 1. The molecule has 0 saturated carbocycles. The van der Waals surface area contributed by atoms with Crippen molar-refractivity contribution >= 4 is 41.7 Å². The fourth-order valence-corrected chi connectivity index (χ4v) is 3.29. The van der Waals surface area contributed by atoms with Gasteiger partial charge in [0.05, 0.1) is 6.61 Å². The second-order valence-corrected chi connectivity index (χ2v) is 6.70. The van der Waals surface area contributed by atoms with E-state index < -0.39 is 0 Å². The molecule has 0 aromatic heterocycles. The normalized spacial score (nSPS) is 11.0. The summed E-state index contributed by atoms with van der Waals surface area (Å²) in [6.45, 7) is 4.22. The van der Waals surface area contributed by atoms with Crippen molar-refractivity contribution in [2.45, 2.75) is 31.5 Å². The Hall–Kier alpha value is -1.25. The third-order valence-electron chi connectivity index (χ3n) is 3.87. The SMILES string of the molecule is CN=C(NCc1cccc(COC)c1)NCc1ccc(C)cc1SC.I. The first-order chi connectivity index (χ1) is 12.2. The van der Waals surface area contributed by atoms with Crippen LogP contribution in [0.3, 0.4) is 0 Å². The summed E-state index contributed by atoms with van der Waals surface area (Å²) in [5, 5.41) is 6.76. The Morgan fingerprint density at radius 3 is 2.50 bits per heavy atom. The standard InChI is InChI=1S/C20H27N3OS.HI/c1-15-8-9-18(19(10-15)25-4)13-23-20(21-2)22-12-16-6-5-7-17(11-16)14-24-3;/h5-11H,12-14H2,1-4H3,(H2,21,22,23);1H. The predicted molar refractivity (Wildman–Crippen MR) is 123 cm³/mol. The molecule has 0 fully saturated rings. The predicted octanol–water partition coefficient (Wildman–Crippen LogP) is 4.35. The Morgan fingerprint density at radius 1 is 1.08 bits per heavy atom. The molecule has 0 radical (unpaired) electrons. The van der Waals surface area contributed by atoms with Gasteiger partial charge in [-0.25, -0.2) is 0 Å². The maximum absolute atomic E-state index is 5.19. The van der Waals surface area contributed by atoms with Crippen molar-refractivity contribution in [1.82, 2.24) is 10.6 Å². The number of rotatable bonds is 7. The zero-order valence-corrected chi connectivity index (χ0v) is 19.0. The Bertz CT molecular complexity index is 722.